The van der Waals surface area contributed by atoms with Crippen LogP contribution >= 0.6 is 23.2 Å². The van der Waals surface area contributed by atoms with E-state index in [0.717, 1.165) is 5.56 Å². The van der Waals surface area contributed by atoms with Gasteiger partial charge in [-0.15, -0.1) is 0 Å². The zero-order chi connectivity index (χ0) is 14.0. The third-order valence-corrected chi connectivity index (χ3v) is 5.64. The van der Waals surface area contributed by atoms with E-state index in [0.29, 0.717) is 29.7 Å². The molecule has 1 saturated heterocycles. The van der Waals surface area contributed by atoms with E-state index in [1.807, 2.05) is 4.90 Å². The first kappa shape index (κ1) is 15.1. The molecule has 7 heteroatoms. The van der Waals surface area contributed by atoms with Gasteiger partial charge < -0.3 is 5.73 Å². The van der Waals surface area contributed by atoms with Crippen LogP contribution in [0.1, 0.15) is 11.6 Å². The van der Waals surface area contributed by atoms with E-state index in [9.17, 15) is 8.42 Å². The minimum absolute atomic E-state index is 0.142. The molecule has 1 heterocycles. The van der Waals surface area contributed by atoms with Gasteiger partial charge in [0, 0.05) is 35.2 Å². The molecule has 1 unspecified atom stereocenters. The van der Waals surface area contributed by atoms with Crippen LogP contribution in [0.25, 0.3) is 0 Å². The summed E-state index contributed by atoms with van der Waals surface area (Å²) in [6.07, 6.45) is 0. The molecule has 1 atom stereocenters. The van der Waals surface area contributed by atoms with Crippen LogP contribution < -0.4 is 5.73 Å². The summed E-state index contributed by atoms with van der Waals surface area (Å²) in [5.41, 5.74) is 6.62. The number of hydrogen-bond acceptors (Lipinski definition) is 4. The van der Waals surface area contributed by atoms with Gasteiger partial charge in [-0.25, -0.2) is 8.42 Å². The summed E-state index contributed by atoms with van der Waals surface area (Å²) in [5, 5.41) is 1.13. The number of rotatable bonds is 3. The third kappa shape index (κ3) is 3.41. The standard InChI is InChI=1S/C12H16Cl2N2O2S/c13-9-2-1-3-10(14)12(9)11(8-15)16-4-6-19(17,18)7-5-16/h1-3,11H,4-8,15H2. The van der Waals surface area contributed by atoms with Crippen LogP contribution in [0.4, 0.5) is 0 Å². The van der Waals surface area contributed by atoms with Crippen molar-refractivity contribution in [2.75, 3.05) is 31.1 Å². The van der Waals surface area contributed by atoms with Crippen LogP contribution in [0, 0.1) is 0 Å². The van der Waals surface area contributed by atoms with Gasteiger partial charge in [0.15, 0.2) is 9.84 Å². The minimum atomic E-state index is -2.91. The lowest BCUT2D eigenvalue weighted by Gasteiger charge is -2.34. The van der Waals surface area contributed by atoms with E-state index in [1.54, 1.807) is 18.2 Å². The summed E-state index contributed by atoms with van der Waals surface area (Å²) in [6.45, 7) is 1.28. The Morgan fingerprint density at radius 2 is 1.74 bits per heavy atom. The van der Waals surface area contributed by atoms with E-state index in [4.69, 9.17) is 28.9 Å². The molecule has 2 N–H and O–H groups in total. The van der Waals surface area contributed by atoms with E-state index in [2.05, 4.69) is 0 Å². The van der Waals surface area contributed by atoms with Crippen LogP contribution in [0.15, 0.2) is 18.2 Å². The number of halogens is 2. The topological polar surface area (TPSA) is 63.4 Å². The fourth-order valence-corrected chi connectivity index (χ4v) is 4.20. The van der Waals surface area contributed by atoms with Crippen LogP contribution in [0.3, 0.4) is 0 Å². The maximum Gasteiger partial charge on any atom is 0.152 e. The molecule has 1 aliphatic rings. The normalized spacial score (nSPS) is 21.2. The SMILES string of the molecule is NCC(c1c(Cl)cccc1Cl)N1CCS(=O)(=O)CC1. The lowest BCUT2D eigenvalue weighted by molar-refractivity contribution is 0.219. The molecule has 2 rings (SSSR count). The van der Waals surface area contributed by atoms with Gasteiger partial charge in [-0.1, -0.05) is 29.3 Å². The number of benzene rings is 1. The second-order valence-corrected chi connectivity index (χ2v) is 7.69. The Morgan fingerprint density at radius 1 is 1.21 bits per heavy atom. The summed E-state index contributed by atoms with van der Waals surface area (Å²) < 4.78 is 22.9. The second-order valence-electron chi connectivity index (χ2n) is 4.57. The first-order valence-corrected chi connectivity index (χ1v) is 8.61. The molecule has 1 fully saturated rings. The minimum Gasteiger partial charge on any atom is -0.329 e. The molecule has 106 valence electrons. The van der Waals surface area contributed by atoms with E-state index in [1.165, 1.54) is 0 Å². The van der Waals surface area contributed by atoms with Crippen molar-refractivity contribution in [2.24, 2.45) is 5.73 Å². The Balaban J connectivity index is 2.26. The van der Waals surface area contributed by atoms with Gasteiger partial charge in [0.2, 0.25) is 0 Å². The number of nitrogens with two attached hydrogens (primary N) is 1. The predicted molar refractivity (Wildman–Crippen MR) is 78.5 cm³/mol. The van der Waals surface area contributed by atoms with Crippen LogP contribution in [-0.2, 0) is 9.84 Å². The number of hydrogen-bond donors (Lipinski definition) is 1. The van der Waals surface area contributed by atoms with Crippen molar-refractivity contribution in [3.8, 4) is 0 Å². The van der Waals surface area contributed by atoms with Gasteiger partial charge in [-0.3, -0.25) is 4.90 Å². The van der Waals surface area contributed by atoms with Gasteiger partial charge in [0.1, 0.15) is 0 Å². The van der Waals surface area contributed by atoms with Crippen molar-refractivity contribution >= 4 is 33.0 Å². The molecular weight excluding hydrogens is 307 g/mol. The number of sulfone groups is 1. The molecule has 0 bridgehead atoms. The third-order valence-electron chi connectivity index (χ3n) is 3.38. The zero-order valence-corrected chi connectivity index (χ0v) is 12.7. The molecule has 1 aromatic carbocycles. The smallest absolute Gasteiger partial charge is 0.152 e. The highest BCUT2D eigenvalue weighted by molar-refractivity contribution is 7.91. The predicted octanol–water partition coefficient (Wildman–Crippen LogP) is 1.72. The second kappa shape index (κ2) is 5.97. The lowest BCUT2D eigenvalue weighted by Crippen LogP contribution is -2.44. The molecule has 19 heavy (non-hydrogen) atoms. The van der Waals surface area contributed by atoms with Crippen molar-refractivity contribution < 1.29 is 8.42 Å². The molecule has 0 spiro atoms. The quantitative estimate of drug-likeness (QED) is 0.920. The highest BCUT2D eigenvalue weighted by Crippen LogP contribution is 2.33. The molecule has 1 aliphatic heterocycles. The monoisotopic (exact) mass is 322 g/mol. The largest absolute Gasteiger partial charge is 0.329 e. The van der Waals surface area contributed by atoms with Crippen LogP contribution in [0.2, 0.25) is 10.0 Å². The van der Waals surface area contributed by atoms with Gasteiger partial charge in [-0.2, -0.15) is 0 Å². The Bertz CT molecular complexity index is 529. The fourth-order valence-electron chi connectivity index (χ4n) is 2.32. The van der Waals surface area contributed by atoms with Gasteiger partial charge in [0.05, 0.1) is 17.5 Å². The number of nitrogens with zero attached hydrogens (tertiary/aromatic N) is 1. The Morgan fingerprint density at radius 3 is 2.21 bits per heavy atom. The first-order valence-electron chi connectivity index (χ1n) is 6.03. The maximum atomic E-state index is 11.5. The Labute approximate surface area is 123 Å². The summed E-state index contributed by atoms with van der Waals surface area (Å²) >= 11 is 12.4. The van der Waals surface area contributed by atoms with Gasteiger partial charge >= 0.3 is 0 Å². The van der Waals surface area contributed by atoms with Gasteiger partial charge in [-0.05, 0) is 12.1 Å². The molecule has 4 nitrogen and oxygen atoms in total. The van der Waals surface area contributed by atoms with Crippen molar-refractivity contribution in [2.45, 2.75) is 6.04 Å². The molecule has 0 aliphatic carbocycles. The van der Waals surface area contributed by atoms with Crippen molar-refractivity contribution in [3.63, 3.8) is 0 Å². The molecule has 0 saturated carbocycles. The van der Waals surface area contributed by atoms with Gasteiger partial charge in [0.25, 0.3) is 0 Å². The molecule has 0 amide bonds. The molecule has 0 aromatic heterocycles. The average molecular weight is 323 g/mol. The summed E-state index contributed by atoms with van der Waals surface area (Å²) in [6, 6.07) is 5.18. The van der Waals surface area contributed by atoms with E-state index >= 15 is 0 Å². The Hall–Kier alpha value is -0.330. The summed E-state index contributed by atoms with van der Waals surface area (Å²) in [5.74, 6) is 0.317. The van der Waals surface area contributed by atoms with Crippen molar-refractivity contribution in [1.29, 1.82) is 0 Å². The van der Waals surface area contributed by atoms with E-state index < -0.39 is 9.84 Å². The zero-order valence-electron chi connectivity index (χ0n) is 10.4. The van der Waals surface area contributed by atoms with Crippen LogP contribution in [0.5, 0.6) is 0 Å². The lowest BCUT2D eigenvalue weighted by atomic mass is 10.0. The highest BCUT2D eigenvalue weighted by Gasteiger charge is 2.29. The molecule has 0 radical (unpaired) electrons. The molecule has 1 aromatic rings. The summed E-state index contributed by atoms with van der Waals surface area (Å²) in [7, 11) is -2.91. The average Bonchev–Trinajstić information content (AvgIpc) is 2.35. The molecular formula is C12H16Cl2N2O2S. The maximum absolute atomic E-state index is 11.5. The van der Waals surface area contributed by atoms with Crippen molar-refractivity contribution in [1.82, 2.24) is 4.90 Å². The Kier molecular flexibility index (Phi) is 4.74. The first-order chi connectivity index (χ1) is 8.94. The summed E-state index contributed by atoms with van der Waals surface area (Å²) in [4.78, 5) is 2.04. The van der Waals surface area contributed by atoms with Crippen LogP contribution in [-0.4, -0.2) is 44.5 Å². The van der Waals surface area contributed by atoms with E-state index in [-0.39, 0.29) is 17.5 Å². The fraction of sp³-hybridized carbons (Fsp3) is 0.500. The highest BCUT2D eigenvalue weighted by atomic mass is 35.5. The van der Waals surface area contributed by atoms with Crippen molar-refractivity contribution in [3.05, 3.63) is 33.8 Å².